The van der Waals surface area contributed by atoms with Gasteiger partial charge in [-0.25, -0.2) is 0 Å². The first-order valence-electron chi connectivity index (χ1n) is 7.41. The Bertz CT molecular complexity index is 647. The second-order valence-corrected chi connectivity index (χ2v) is 5.94. The zero-order valence-electron chi connectivity index (χ0n) is 13.4. The third-order valence-electron chi connectivity index (χ3n) is 4.93. The molecule has 5 heteroatoms. The average Bonchev–Trinajstić information content (AvgIpc) is 3.17. The van der Waals surface area contributed by atoms with Crippen LogP contribution in [0.1, 0.15) is 32.6 Å². The van der Waals surface area contributed by atoms with Gasteiger partial charge >= 0.3 is 11.9 Å². The molecule has 0 spiro atoms. The van der Waals surface area contributed by atoms with Gasteiger partial charge in [0.1, 0.15) is 5.76 Å². The van der Waals surface area contributed by atoms with Gasteiger partial charge in [-0.15, -0.1) is 0 Å². The van der Waals surface area contributed by atoms with Gasteiger partial charge < -0.3 is 14.2 Å². The minimum atomic E-state index is -1.38. The smallest absolute Gasteiger partial charge is 0.328 e. The molecule has 5 nitrogen and oxygen atoms in total. The van der Waals surface area contributed by atoms with Gasteiger partial charge in [-0.1, -0.05) is 5.57 Å². The Morgan fingerprint density at radius 2 is 1.59 bits per heavy atom. The number of methoxy groups -OCH3 is 3. The number of hydrogen-bond acceptors (Lipinski definition) is 5. The van der Waals surface area contributed by atoms with E-state index in [-0.39, 0.29) is 0 Å². The Morgan fingerprint density at radius 3 is 2.14 bits per heavy atom. The van der Waals surface area contributed by atoms with E-state index in [1.807, 2.05) is 6.92 Å². The quantitative estimate of drug-likeness (QED) is 0.592. The van der Waals surface area contributed by atoms with E-state index >= 15 is 0 Å². The first-order valence-corrected chi connectivity index (χ1v) is 7.41. The van der Waals surface area contributed by atoms with Crippen LogP contribution in [0.4, 0.5) is 0 Å². The number of allylic oxidation sites excluding steroid dienone is 4. The van der Waals surface area contributed by atoms with E-state index in [0.717, 1.165) is 52.9 Å². The lowest BCUT2D eigenvalue weighted by atomic mass is 9.78. The Kier molecular flexibility index (Phi) is 3.38. The number of fused-ring (bicyclic) bond motifs is 2. The number of ether oxygens (including phenoxy) is 3. The normalized spacial score (nSPS) is 22.0. The molecule has 0 saturated heterocycles. The summed E-state index contributed by atoms with van der Waals surface area (Å²) in [7, 11) is 4.25. The highest BCUT2D eigenvalue weighted by atomic mass is 16.5. The number of hydrogen-bond donors (Lipinski definition) is 0. The molecule has 0 bridgehead atoms. The third-order valence-corrected chi connectivity index (χ3v) is 4.93. The molecular formula is C17H20O5. The first kappa shape index (κ1) is 14.9. The van der Waals surface area contributed by atoms with Crippen LogP contribution in [0.15, 0.2) is 33.6 Å². The molecule has 3 rings (SSSR count). The molecule has 0 radical (unpaired) electrons. The van der Waals surface area contributed by atoms with E-state index in [4.69, 9.17) is 14.2 Å². The standard InChI is InChI=1S/C17H20O5/c1-9-8-17(15(18)21-3,16(19)22-4)13-10-6-5-7-11(10)14(20-2)12(9)13/h5-8H2,1-4H3. The minimum Gasteiger partial charge on any atom is -0.496 e. The number of rotatable bonds is 3. The van der Waals surface area contributed by atoms with E-state index in [1.54, 1.807) is 7.11 Å². The van der Waals surface area contributed by atoms with Crippen molar-refractivity contribution in [1.82, 2.24) is 0 Å². The molecule has 0 aromatic heterocycles. The summed E-state index contributed by atoms with van der Waals surface area (Å²) in [6.45, 7) is 1.93. The molecule has 0 aromatic rings. The maximum atomic E-state index is 12.6. The molecule has 3 aliphatic carbocycles. The predicted octanol–water partition coefficient (Wildman–Crippen LogP) is 2.43. The molecule has 0 aromatic carbocycles. The molecule has 3 aliphatic rings. The van der Waals surface area contributed by atoms with Gasteiger partial charge in [-0.2, -0.15) is 0 Å². The summed E-state index contributed by atoms with van der Waals surface area (Å²) in [5.74, 6) is -0.297. The summed E-state index contributed by atoms with van der Waals surface area (Å²) in [6, 6.07) is 0. The zero-order chi connectivity index (χ0) is 16.1. The van der Waals surface area contributed by atoms with Crippen molar-refractivity contribution < 1.29 is 23.8 Å². The van der Waals surface area contributed by atoms with Crippen LogP contribution in [-0.2, 0) is 23.8 Å². The lowest BCUT2D eigenvalue weighted by molar-refractivity contribution is -0.165. The van der Waals surface area contributed by atoms with Crippen LogP contribution in [0.25, 0.3) is 0 Å². The summed E-state index contributed by atoms with van der Waals surface area (Å²) in [4.78, 5) is 25.1. The molecular weight excluding hydrogens is 284 g/mol. The third kappa shape index (κ3) is 1.59. The maximum absolute atomic E-state index is 12.6. The Labute approximate surface area is 129 Å². The molecule has 1 saturated carbocycles. The Morgan fingerprint density at radius 1 is 1.00 bits per heavy atom. The topological polar surface area (TPSA) is 61.8 Å². The highest BCUT2D eigenvalue weighted by molar-refractivity contribution is 6.07. The SMILES string of the molecule is COC(=O)C1(C(=O)OC)CC(C)=C2C(OC)=C3CCCC3=C21. The molecule has 118 valence electrons. The molecule has 22 heavy (non-hydrogen) atoms. The van der Waals surface area contributed by atoms with Crippen molar-refractivity contribution in [3.8, 4) is 0 Å². The van der Waals surface area contributed by atoms with Gasteiger partial charge in [0.05, 0.1) is 21.3 Å². The van der Waals surface area contributed by atoms with E-state index in [2.05, 4.69) is 0 Å². The molecule has 0 N–H and O–H groups in total. The second kappa shape index (κ2) is 5.00. The largest absolute Gasteiger partial charge is 0.496 e. The van der Waals surface area contributed by atoms with Crippen LogP contribution in [-0.4, -0.2) is 33.3 Å². The number of carbonyl (C=O) groups excluding carboxylic acids is 2. The maximum Gasteiger partial charge on any atom is 0.328 e. The first-order chi connectivity index (χ1) is 10.5. The van der Waals surface area contributed by atoms with Crippen LogP contribution in [0.3, 0.4) is 0 Å². The van der Waals surface area contributed by atoms with Gasteiger partial charge in [0.15, 0.2) is 5.41 Å². The fourth-order valence-corrected chi connectivity index (χ4v) is 4.14. The van der Waals surface area contributed by atoms with Crippen LogP contribution in [0.2, 0.25) is 0 Å². The van der Waals surface area contributed by atoms with Gasteiger partial charge in [-0.05, 0) is 42.9 Å². The molecule has 0 heterocycles. The van der Waals surface area contributed by atoms with E-state index in [1.165, 1.54) is 14.2 Å². The fourth-order valence-electron chi connectivity index (χ4n) is 4.14. The summed E-state index contributed by atoms with van der Waals surface area (Å²) >= 11 is 0. The van der Waals surface area contributed by atoms with Crippen LogP contribution in [0.5, 0.6) is 0 Å². The van der Waals surface area contributed by atoms with Gasteiger partial charge in [0, 0.05) is 12.0 Å². The zero-order valence-corrected chi connectivity index (χ0v) is 13.4. The van der Waals surface area contributed by atoms with E-state index < -0.39 is 17.4 Å². The van der Waals surface area contributed by atoms with Crippen molar-refractivity contribution in [3.05, 3.63) is 33.6 Å². The lowest BCUT2D eigenvalue weighted by Gasteiger charge is -2.26. The van der Waals surface area contributed by atoms with Crippen molar-refractivity contribution >= 4 is 11.9 Å². The van der Waals surface area contributed by atoms with E-state index in [9.17, 15) is 9.59 Å². The van der Waals surface area contributed by atoms with Crippen molar-refractivity contribution in [2.45, 2.75) is 32.6 Å². The van der Waals surface area contributed by atoms with Crippen molar-refractivity contribution in [1.29, 1.82) is 0 Å². The minimum absolute atomic E-state index is 0.292. The average molecular weight is 304 g/mol. The van der Waals surface area contributed by atoms with Crippen molar-refractivity contribution in [2.24, 2.45) is 5.41 Å². The monoisotopic (exact) mass is 304 g/mol. The summed E-state index contributed by atoms with van der Waals surface area (Å²) < 4.78 is 15.6. The highest BCUT2D eigenvalue weighted by Gasteiger charge is 2.60. The van der Waals surface area contributed by atoms with Crippen LogP contribution in [0, 0.1) is 5.41 Å². The van der Waals surface area contributed by atoms with Crippen LogP contribution < -0.4 is 0 Å². The Hall–Kier alpha value is -2.04. The molecule has 0 unspecified atom stereocenters. The van der Waals surface area contributed by atoms with Gasteiger partial charge in [0.25, 0.3) is 0 Å². The Balaban J connectivity index is 2.26. The summed E-state index contributed by atoms with van der Waals surface area (Å²) in [5.41, 5.74) is 3.45. The lowest BCUT2D eigenvalue weighted by Crippen LogP contribution is -2.41. The summed E-state index contributed by atoms with van der Waals surface area (Å²) in [5, 5.41) is 0. The van der Waals surface area contributed by atoms with Gasteiger partial charge in [0.2, 0.25) is 0 Å². The van der Waals surface area contributed by atoms with Crippen LogP contribution >= 0.6 is 0 Å². The molecule has 1 fully saturated rings. The van der Waals surface area contributed by atoms with E-state index in [0.29, 0.717) is 6.42 Å². The molecule has 0 atom stereocenters. The highest BCUT2D eigenvalue weighted by Crippen LogP contribution is 2.59. The van der Waals surface area contributed by atoms with Gasteiger partial charge in [-0.3, -0.25) is 9.59 Å². The van der Waals surface area contributed by atoms with Crippen molar-refractivity contribution in [2.75, 3.05) is 21.3 Å². The van der Waals surface area contributed by atoms with Crippen molar-refractivity contribution in [3.63, 3.8) is 0 Å². The number of esters is 2. The fraction of sp³-hybridized carbons (Fsp3) is 0.529. The number of carbonyl (C=O) groups is 2. The predicted molar refractivity (Wildman–Crippen MR) is 78.7 cm³/mol. The second-order valence-electron chi connectivity index (χ2n) is 5.94. The molecule has 0 aliphatic heterocycles. The molecule has 0 amide bonds. The summed E-state index contributed by atoms with van der Waals surface area (Å²) in [6.07, 6.45) is 3.06.